The number of aromatic hydroxyl groups is 1. The molecule has 0 fully saturated rings. The van der Waals surface area contributed by atoms with Crippen molar-refractivity contribution in [3.63, 3.8) is 0 Å². The third kappa shape index (κ3) is 5.14. The average molecular weight is 223 g/mol. The van der Waals surface area contributed by atoms with E-state index in [0.717, 1.165) is 18.7 Å². The van der Waals surface area contributed by atoms with E-state index in [1.165, 1.54) is 0 Å². The van der Waals surface area contributed by atoms with Crippen molar-refractivity contribution < 1.29 is 9.84 Å². The molecule has 1 rings (SSSR count). The first-order valence-corrected chi connectivity index (χ1v) is 5.75. The van der Waals surface area contributed by atoms with Crippen molar-refractivity contribution in [2.45, 2.75) is 20.4 Å². The van der Waals surface area contributed by atoms with E-state index in [4.69, 9.17) is 4.74 Å². The maximum atomic E-state index is 9.51. The Morgan fingerprint density at radius 1 is 1.31 bits per heavy atom. The van der Waals surface area contributed by atoms with E-state index >= 15 is 0 Å². The summed E-state index contributed by atoms with van der Waals surface area (Å²) in [4.78, 5) is 0. The number of phenols is 1. The molecule has 0 radical (unpaired) electrons. The van der Waals surface area contributed by atoms with E-state index in [2.05, 4.69) is 19.2 Å². The molecule has 1 aromatic carbocycles. The molecule has 16 heavy (non-hydrogen) atoms. The molecular formula is C13H21NO2. The number of hydrogen-bond acceptors (Lipinski definition) is 3. The van der Waals surface area contributed by atoms with Crippen LogP contribution in [0.2, 0.25) is 0 Å². The molecule has 0 spiro atoms. The van der Waals surface area contributed by atoms with Crippen LogP contribution in [0.4, 0.5) is 0 Å². The van der Waals surface area contributed by atoms with Gasteiger partial charge < -0.3 is 15.2 Å². The second-order valence-corrected chi connectivity index (χ2v) is 4.27. The molecule has 90 valence electrons. The third-order valence-corrected chi connectivity index (χ3v) is 2.18. The Hall–Kier alpha value is -1.06. The van der Waals surface area contributed by atoms with Gasteiger partial charge in [0, 0.05) is 25.3 Å². The van der Waals surface area contributed by atoms with Gasteiger partial charge in [-0.2, -0.15) is 0 Å². The molecule has 0 saturated carbocycles. The molecule has 1 aromatic rings. The van der Waals surface area contributed by atoms with Crippen LogP contribution < -0.4 is 5.32 Å². The van der Waals surface area contributed by atoms with Crippen molar-refractivity contribution in [2.75, 3.05) is 19.8 Å². The first-order chi connectivity index (χ1) is 7.70. The lowest BCUT2D eigenvalue weighted by molar-refractivity contribution is 0.111. The predicted molar refractivity (Wildman–Crippen MR) is 65.5 cm³/mol. The number of hydrogen-bond donors (Lipinski definition) is 2. The summed E-state index contributed by atoms with van der Waals surface area (Å²) in [5, 5.41) is 12.7. The van der Waals surface area contributed by atoms with Crippen molar-refractivity contribution >= 4 is 0 Å². The van der Waals surface area contributed by atoms with Gasteiger partial charge in [-0.1, -0.05) is 32.0 Å². The summed E-state index contributed by atoms with van der Waals surface area (Å²) < 4.78 is 5.44. The summed E-state index contributed by atoms with van der Waals surface area (Å²) in [6.07, 6.45) is 0. The van der Waals surface area contributed by atoms with E-state index in [1.807, 2.05) is 18.2 Å². The molecule has 0 aliphatic carbocycles. The quantitative estimate of drug-likeness (QED) is 0.696. The highest BCUT2D eigenvalue weighted by molar-refractivity contribution is 5.31. The first kappa shape index (κ1) is 13.0. The Morgan fingerprint density at radius 2 is 2.06 bits per heavy atom. The summed E-state index contributed by atoms with van der Waals surface area (Å²) in [5.74, 6) is 0.927. The zero-order chi connectivity index (χ0) is 11.8. The van der Waals surface area contributed by atoms with Gasteiger partial charge in [-0.25, -0.2) is 0 Å². The van der Waals surface area contributed by atoms with Crippen LogP contribution in [0.15, 0.2) is 24.3 Å². The minimum atomic E-state index is 0.345. The van der Waals surface area contributed by atoms with Gasteiger partial charge >= 0.3 is 0 Å². The number of ether oxygens (including phenoxy) is 1. The van der Waals surface area contributed by atoms with Crippen molar-refractivity contribution in [1.29, 1.82) is 0 Å². The second kappa shape index (κ2) is 7.25. The molecule has 0 unspecified atom stereocenters. The highest BCUT2D eigenvalue weighted by Crippen LogP contribution is 2.14. The normalized spacial score (nSPS) is 10.9. The van der Waals surface area contributed by atoms with Gasteiger partial charge in [-0.15, -0.1) is 0 Å². The lowest BCUT2D eigenvalue weighted by Gasteiger charge is -2.08. The number of para-hydroxylation sites is 1. The van der Waals surface area contributed by atoms with Gasteiger partial charge in [-0.05, 0) is 12.0 Å². The van der Waals surface area contributed by atoms with Crippen LogP contribution in [0.1, 0.15) is 19.4 Å². The summed E-state index contributed by atoms with van der Waals surface area (Å²) in [6, 6.07) is 7.36. The Morgan fingerprint density at radius 3 is 2.75 bits per heavy atom. The van der Waals surface area contributed by atoms with E-state index in [1.54, 1.807) is 6.07 Å². The smallest absolute Gasteiger partial charge is 0.120 e. The number of rotatable bonds is 7. The second-order valence-electron chi connectivity index (χ2n) is 4.27. The average Bonchev–Trinajstić information content (AvgIpc) is 2.25. The fourth-order valence-electron chi connectivity index (χ4n) is 1.35. The van der Waals surface area contributed by atoms with E-state index in [-0.39, 0.29) is 0 Å². The van der Waals surface area contributed by atoms with Crippen molar-refractivity contribution in [2.24, 2.45) is 5.92 Å². The fourth-order valence-corrected chi connectivity index (χ4v) is 1.35. The zero-order valence-electron chi connectivity index (χ0n) is 10.1. The maximum absolute atomic E-state index is 9.51. The predicted octanol–water partition coefficient (Wildman–Crippen LogP) is 2.15. The fraction of sp³-hybridized carbons (Fsp3) is 0.538. The zero-order valence-corrected chi connectivity index (χ0v) is 10.1. The van der Waals surface area contributed by atoms with Crippen LogP contribution in [-0.2, 0) is 11.3 Å². The van der Waals surface area contributed by atoms with Gasteiger partial charge in [0.2, 0.25) is 0 Å². The highest BCUT2D eigenvalue weighted by atomic mass is 16.5. The summed E-state index contributed by atoms with van der Waals surface area (Å²) in [6.45, 7) is 7.27. The molecule has 0 aliphatic rings. The molecule has 0 bridgehead atoms. The minimum absolute atomic E-state index is 0.345. The van der Waals surface area contributed by atoms with Gasteiger partial charge in [-0.3, -0.25) is 0 Å². The Bertz CT molecular complexity index is 300. The standard InChI is InChI=1S/C13H21NO2/c1-11(2)10-16-8-7-14-9-12-5-3-4-6-13(12)15/h3-6,11,14-15H,7-10H2,1-2H3. The largest absolute Gasteiger partial charge is 0.508 e. The molecule has 3 heteroatoms. The molecule has 0 amide bonds. The summed E-state index contributed by atoms with van der Waals surface area (Å²) in [5.41, 5.74) is 0.923. The molecule has 2 N–H and O–H groups in total. The van der Waals surface area contributed by atoms with Crippen LogP contribution in [0.25, 0.3) is 0 Å². The molecule has 0 atom stereocenters. The molecule has 0 aliphatic heterocycles. The first-order valence-electron chi connectivity index (χ1n) is 5.75. The maximum Gasteiger partial charge on any atom is 0.120 e. The minimum Gasteiger partial charge on any atom is -0.508 e. The van der Waals surface area contributed by atoms with Crippen molar-refractivity contribution in [3.8, 4) is 5.75 Å². The van der Waals surface area contributed by atoms with E-state index < -0.39 is 0 Å². The third-order valence-electron chi connectivity index (χ3n) is 2.18. The van der Waals surface area contributed by atoms with E-state index in [9.17, 15) is 5.11 Å². The lowest BCUT2D eigenvalue weighted by atomic mass is 10.2. The number of nitrogens with one attached hydrogen (secondary N) is 1. The van der Waals surface area contributed by atoms with Gasteiger partial charge in [0.15, 0.2) is 0 Å². The summed E-state index contributed by atoms with van der Waals surface area (Å²) >= 11 is 0. The highest BCUT2D eigenvalue weighted by Gasteiger charge is 1.98. The van der Waals surface area contributed by atoms with E-state index in [0.29, 0.717) is 24.8 Å². The molecule has 0 aromatic heterocycles. The van der Waals surface area contributed by atoms with Crippen LogP contribution in [0.5, 0.6) is 5.75 Å². The van der Waals surface area contributed by atoms with Gasteiger partial charge in [0.1, 0.15) is 5.75 Å². The van der Waals surface area contributed by atoms with Gasteiger partial charge in [0.05, 0.1) is 6.61 Å². The van der Waals surface area contributed by atoms with Crippen LogP contribution in [0.3, 0.4) is 0 Å². The molecule has 0 saturated heterocycles. The number of phenolic OH excluding ortho intramolecular Hbond substituents is 1. The Labute approximate surface area is 97.4 Å². The van der Waals surface area contributed by atoms with Crippen molar-refractivity contribution in [1.82, 2.24) is 5.32 Å². The summed E-state index contributed by atoms with van der Waals surface area (Å²) in [7, 11) is 0. The lowest BCUT2D eigenvalue weighted by Crippen LogP contribution is -2.20. The SMILES string of the molecule is CC(C)COCCNCc1ccccc1O. The molecule has 3 nitrogen and oxygen atoms in total. The van der Waals surface area contributed by atoms with Gasteiger partial charge in [0.25, 0.3) is 0 Å². The van der Waals surface area contributed by atoms with Crippen LogP contribution >= 0.6 is 0 Å². The monoisotopic (exact) mass is 223 g/mol. The number of benzene rings is 1. The molecular weight excluding hydrogens is 202 g/mol. The Balaban J connectivity index is 2.10. The van der Waals surface area contributed by atoms with Crippen LogP contribution in [0, 0.1) is 5.92 Å². The molecule has 0 heterocycles. The van der Waals surface area contributed by atoms with Crippen molar-refractivity contribution in [3.05, 3.63) is 29.8 Å². The topological polar surface area (TPSA) is 41.5 Å². The Kier molecular flexibility index (Phi) is 5.90. The van der Waals surface area contributed by atoms with Crippen LogP contribution in [-0.4, -0.2) is 24.9 Å².